The smallest absolute Gasteiger partial charge is 0.128 e. The molecule has 0 aliphatic heterocycles. The van der Waals surface area contributed by atoms with Gasteiger partial charge in [0.1, 0.15) is 17.2 Å². The monoisotopic (exact) mass is 355 g/mol. The third-order valence-corrected chi connectivity index (χ3v) is 3.97. The van der Waals surface area contributed by atoms with E-state index in [-0.39, 0.29) is 5.75 Å². The van der Waals surface area contributed by atoms with E-state index in [4.69, 9.17) is 9.47 Å². The normalized spacial score (nSPS) is 11.0. The van der Waals surface area contributed by atoms with Crippen LogP contribution in [0.4, 0.5) is 5.69 Å². The Labute approximate surface area is 156 Å². The van der Waals surface area contributed by atoms with Crippen molar-refractivity contribution in [2.45, 2.75) is 46.0 Å². The molecular formula is C22H29NO3. The van der Waals surface area contributed by atoms with E-state index in [9.17, 15) is 5.11 Å². The maximum atomic E-state index is 10.1. The van der Waals surface area contributed by atoms with Crippen LogP contribution >= 0.6 is 0 Å². The van der Waals surface area contributed by atoms with Crippen LogP contribution in [0.15, 0.2) is 47.5 Å². The second-order valence-electron chi connectivity index (χ2n) is 6.23. The molecule has 2 aromatic rings. The molecule has 0 heterocycles. The largest absolute Gasteiger partial charge is 0.507 e. The van der Waals surface area contributed by atoms with Crippen molar-refractivity contribution in [3.63, 3.8) is 0 Å². The summed E-state index contributed by atoms with van der Waals surface area (Å²) in [5.41, 5.74) is 1.47. The molecule has 0 bridgehead atoms. The standard InChI is InChI=1S/C22H29NO3/c1-3-5-7-15-26-21-11-8-18(22(24)16-21)17-23-19-9-12-20(13-10-19)25-14-6-4-2/h8-13,16-17,24H,3-7,14-15H2,1-2H3. The Hall–Kier alpha value is -2.49. The van der Waals surface area contributed by atoms with E-state index >= 15 is 0 Å². The van der Waals surface area contributed by atoms with Gasteiger partial charge in [0.25, 0.3) is 0 Å². The second kappa shape index (κ2) is 11.2. The molecule has 0 fully saturated rings. The Bertz CT molecular complexity index is 680. The van der Waals surface area contributed by atoms with Crippen molar-refractivity contribution in [2.24, 2.45) is 4.99 Å². The quantitative estimate of drug-likeness (QED) is 0.404. The van der Waals surface area contributed by atoms with Crippen molar-refractivity contribution in [1.82, 2.24) is 0 Å². The summed E-state index contributed by atoms with van der Waals surface area (Å²) in [6.45, 7) is 5.71. The predicted molar refractivity (Wildman–Crippen MR) is 107 cm³/mol. The van der Waals surface area contributed by atoms with Gasteiger partial charge in [0.05, 0.1) is 18.9 Å². The minimum Gasteiger partial charge on any atom is -0.507 e. The number of hydrogen-bond donors (Lipinski definition) is 1. The van der Waals surface area contributed by atoms with Crippen molar-refractivity contribution in [3.05, 3.63) is 48.0 Å². The second-order valence-corrected chi connectivity index (χ2v) is 6.23. The summed E-state index contributed by atoms with van der Waals surface area (Å²) >= 11 is 0. The molecule has 140 valence electrons. The van der Waals surface area contributed by atoms with Crippen LogP contribution in [0.2, 0.25) is 0 Å². The molecule has 1 N–H and O–H groups in total. The van der Waals surface area contributed by atoms with Crippen LogP contribution in [-0.2, 0) is 0 Å². The fourth-order valence-corrected chi connectivity index (χ4v) is 2.37. The number of ether oxygens (including phenoxy) is 2. The average Bonchev–Trinajstić information content (AvgIpc) is 2.66. The van der Waals surface area contributed by atoms with Crippen molar-refractivity contribution in [2.75, 3.05) is 13.2 Å². The van der Waals surface area contributed by atoms with Gasteiger partial charge in [-0.25, -0.2) is 0 Å². The SMILES string of the molecule is CCCCCOc1ccc(C=Nc2ccc(OCCCC)cc2)c(O)c1. The number of nitrogens with zero attached hydrogens (tertiary/aromatic N) is 1. The molecule has 0 aliphatic carbocycles. The number of aliphatic imine (C=N–C) groups is 1. The van der Waals surface area contributed by atoms with Gasteiger partial charge >= 0.3 is 0 Å². The first-order chi connectivity index (χ1) is 12.7. The molecule has 0 aromatic heterocycles. The molecule has 0 aliphatic rings. The Balaban J connectivity index is 1.90. The van der Waals surface area contributed by atoms with E-state index in [1.807, 2.05) is 36.4 Å². The van der Waals surface area contributed by atoms with Gasteiger partial charge in [-0.05, 0) is 49.2 Å². The number of benzene rings is 2. The molecule has 0 saturated heterocycles. The number of unbranched alkanes of at least 4 members (excludes halogenated alkanes) is 3. The molecule has 2 rings (SSSR count). The number of rotatable bonds is 11. The fraction of sp³-hybridized carbons (Fsp3) is 0.409. The van der Waals surface area contributed by atoms with Crippen LogP contribution in [-0.4, -0.2) is 24.5 Å². The lowest BCUT2D eigenvalue weighted by molar-refractivity contribution is 0.304. The molecule has 0 atom stereocenters. The van der Waals surface area contributed by atoms with Crippen molar-refractivity contribution in [3.8, 4) is 17.2 Å². The first-order valence-corrected chi connectivity index (χ1v) is 9.45. The van der Waals surface area contributed by atoms with Crippen molar-refractivity contribution >= 4 is 11.9 Å². The zero-order valence-electron chi connectivity index (χ0n) is 15.8. The summed E-state index contributed by atoms with van der Waals surface area (Å²) in [7, 11) is 0. The molecular weight excluding hydrogens is 326 g/mol. The highest BCUT2D eigenvalue weighted by molar-refractivity contribution is 5.85. The highest BCUT2D eigenvalue weighted by Gasteiger charge is 2.02. The van der Waals surface area contributed by atoms with Crippen LogP contribution in [0.25, 0.3) is 0 Å². The summed E-state index contributed by atoms with van der Waals surface area (Å²) in [5.74, 6) is 1.70. The van der Waals surface area contributed by atoms with E-state index in [2.05, 4.69) is 18.8 Å². The fourth-order valence-electron chi connectivity index (χ4n) is 2.37. The van der Waals surface area contributed by atoms with Crippen molar-refractivity contribution in [1.29, 1.82) is 0 Å². The molecule has 0 spiro atoms. The molecule has 4 heteroatoms. The number of hydrogen-bond acceptors (Lipinski definition) is 4. The summed E-state index contributed by atoms with van der Waals surface area (Å²) in [4.78, 5) is 4.41. The topological polar surface area (TPSA) is 51.0 Å². The third-order valence-electron chi connectivity index (χ3n) is 3.97. The molecule has 0 amide bonds. The van der Waals surface area contributed by atoms with Gasteiger partial charge < -0.3 is 14.6 Å². The van der Waals surface area contributed by atoms with E-state index in [0.29, 0.717) is 17.9 Å². The maximum absolute atomic E-state index is 10.1. The molecule has 2 aromatic carbocycles. The first-order valence-electron chi connectivity index (χ1n) is 9.45. The summed E-state index contributed by atoms with van der Waals surface area (Å²) in [5, 5.41) is 10.1. The van der Waals surface area contributed by atoms with Crippen LogP contribution in [0.5, 0.6) is 17.2 Å². The lowest BCUT2D eigenvalue weighted by Crippen LogP contribution is -1.97. The molecule has 0 unspecified atom stereocenters. The van der Waals surface area contributed by atoms with Gasteiger partial charge in [-0.3, -0.25) is 4.99 Å². The van der Waals surface area contributed by atoms with Gasteiger partial charge in [-0.1, -0.05) is 33.1 Å². The Morgan fingerprint density at radius 3 is 2.19 bits per heavy atom. The van der Waals surface area contributed by atoms with E-state index in [1.165, 1.54) is 0 Å². The lowest BCUT2D eigenvalue weighted by atomic mass is 10.2. The summed E-state index contributed by atoms with van der Waals surface area (Å²) < 4.78 is 11.3. The predicted octanol–water partition coefficient (Wildman–Crippen LogP) is 5.89. The van der Waals surface area contributed by atoms with Gasteiger partial charge in [0, 0.05) is 17.8 Å². The first kappa shape index (κ1) is 19.8. The highest BCUT2D eigenvalue weighted by atomic mass is 16.5. The lowest BCUT2D eigenvalue weighted by Gasteiger charge is -2.07. The van der Waals surface area contributed by atoms with E-state index in [0.717, 1.165) is 50.1 Å². The van der Waals surface area contributed by atoms with Crippen LogP contribution in [0.1, 0.15) is 51.5 Å². The van der Waals surface area contributed by atoms with Gasteiger partial charge in [-0.15, -0.1) is 0 Å². The van der Waals surface area contributed by atoms with E-state index < -0.39 is 0 Å². The van der Waals surface area contributed by atoms with Gasteiger partial charge in [0.2, 0.25) is 0 Å². The minimum atomic E-state index is 0.168. The zero-order valence-corrected chi connectivity index (χ0v) is 15.8. The van der Waals surface area contributed by atoms with Gasteiger partial charge in [0.15, 0.2) is 0 Å². The highest BCUT2D eigenvalue weighted by Crippen LogP contribution is 2.24. The maximum Gasteiger partial charge on any atom is 0.128 e. The molecule has 0 saturated carbocycles. The van der Waals surface area contributed by atoms with E-state index in [1.54, 1.807) is 12.3 Å². The van der Waals surface area contributed by atoms with Crippen LogP contribution < -0.4 is 9.47 Å². The van der Waals surface area contributed by atoms with Gasteiger partial charge in [-0.2, -0.15) is 0 Å². The number of phenolic OH excluding ortho intramolecular Hbond substituents is 1. The van der Waals surface area contributed by atoms with Crippen molar-refractivity contribution < 1.29 is 14.6 Å². The van der Waals surface area contributed by atoms with Crippen LogP contribution in [0.3, 0.4) is 0 Å². The van der Waals surface area contributed by atoms with Crippen LogP contribution in [0, 0.1) is 0 Å². The Morgan fingerprint density at radius 1 is 0.846 bits per heavy atom. The Kier molecular flexibility index (Phi) is 8.53. The minimum absolute atomic E-state index is 0.168. The number of phenols is 1. The summed E-state index contributed by atoms with van der Waals surface area (Å²) in [6, 6.07) is 12.9. The average molecular weight is 355 g/mol. The molecule has 0 radical (unpaired) electrons. The molecule has 4 nitrogen and oxygen atoms in total. The summed E-state index contributed by atoms with van der Waals surface area (Å²) in [6.07, 6.45) is 7.17. The third kappa shape index (κ3) is 6.79. The number of aromatic hydroxyl groups is 1. The zero-order chi connectivity index (χ0) is 18.6. The molecule has 26 heavy (non-hydrogen) atoms. The Morgan fingerprint density at radius 2 is 1.50 bits per heavy atom.